The molecule has 0 spiro atoms. The third-order valence-corrected chi connectivity index (χ3v) is 3.77. The lowest BCUT2D eigenvalue weighted by Crippen LogP contribution is -2.36. The van der Waals surface area contributed by atoms with Crippen LogP contribution in [0.3, 0.4) is 0 Å². The first kappa shape index (κ1) is 22.5. The number of carbonyl (C=O) groups is 3. The lowest BCUT2D eigenvalue weighted by molar-refractivity contribution is -0.144. The summed E-state index contributed by atoms with van der Waals surface area (Å²) >= 11 is 0. The molecule has 0 aliphatic heterocycles. The van der Waals surface area contributed by atoms with Crippen molar-refractivity contribution >= 4 is 17.8 Å². The topological polar surface area (TPSA) is 84.9 Å². The van der Waals surface area contributed by atoms with Crippen LogP contribution < -0.4 is 10.1 Å². The average Bonchev–Trinajstić information content (AvgIpc) is 2.65. The Labute approximate surface area is 161 Å². The van der Waals surface area contributed by atoms with Gasteiger partial charge in [-0.15, -0.1) is 0 Å². The first-order chi connectivity index (χ1) is 13.0. The summed E-state index contributed by atoms with van der Waals surface area (Å²) in [7, 11) is 0. The van der Waals surface area contributed by atoms with E-state index in [1.165, 1.54) is 6.92 Å². The van der Waals surface area contributed by atoms with E-state index in [0.717, 1.165) is 5.75 Å². The smallest absolute Gasteiger partial charge is 0.307 e. The van der Waals surface area contributed by atoms with Crippen LogP contribution in [0, 0.1) is 0 Å². The molecule has 0 fully saturated rings. The number of ether oxygens (including phenoxy) is 2. The van der Waals surface area contributed by atoms with Crippen LogP contribution in [0.25, 0.3) is 0 Å². The number of amides is 2. The minimum absolute atomic E-state index is 0.0289. The van der Waals surface area contributed by atoms with Crippen molar-refractivity contribution < 1.29 is 23.9 Å². The summed E-state index contributed by atoms with van der Waals surface area (Å²) in [6.07, 6.45) is 1.74. The molecule has 150 valence electrons. The maximum absolute atomic E-state index is 12.5. The van der Waals surface area contributed by atoms with Gasteiger partial charge < -0.3 is 19.7 Å². The van der Waals surface area contributed by atoms with E-state index in [1.807, 2.05) is 30.3 Å². The Bertz CT molecular complexity index is 577. The van der Waals surface area contributed by atoms with Gasteiger partial charge in [0.2, 0.25) is 11.8 Å². The Morgan fingerprint density at radius 1 is 1.04 bits per heavy atom. The number of esters is 1. The number of hydrogen-bond acceptors (Lipinski definition) is 5. The van der Waals surface area contributed by atoms with Crippen LogP contribution in [0.5, 0.6) is 5.75 Å². The van der Waals surface area contributed by atoms with E-state index in [0.29, 0.717) is 52.1 Å². The molecule has 1 aromatic carbocycles. The molecule has 0 aromatic heterocycles. The van der Waals surface area contributed by atoms with Crippen molar-refractivity contribution in [2.45, 2.75) is 39.5 Å². The molecule has 0 heterocycles. The van der Waals surface area contributed by atoms with Gasteiger partial charge in [-0.3, -0.25) is 14.4 Å². The van der Waals surface area contributed by atoms with Crippen molar-refractivity contribution in [1.29, 1.82) is 0 Å². The number of rotatable bonds is 13. The van der Waals surface area contributed by atoms with Crippen LogP contribution in [0.15, 0.2) is 30.3 Å². The second-order valence-electron chi connectivity index (χ2n) is 6.04. The van der Waals surface area contributed by atoms with Gasteiger partial charge in [-0.2, -0.15) is 0 Å². The summed E-state index contributed by atoms with van der Waals surface area (Å²) in [6, 6.07) is 9.45. The fraction of sp³-hybridized carbons (Fsp3) is 0.550. The zero-order valence-corrected chi connectivity index (χ0v) is 16.2. The summed E-state index contributed by atoms with van der Waals surface area (Å²) in [5.41, 5.74) is 0. The molecule has 2 amide bonds. The second-order valence-corrected chi connectivity index (χ2v) is 6.04. The number of carbonyl (C=O) groups excluding carboxylic acids is 3. The zero-order valence-electron chi connectivity index (χ0n) is 16.2. The van der Waals surface area contributed by atoms with Gasteiger partial charge in [-0.05, 0) is 31.9 Å². The SMILES string of the molecule is CCOC(=O)CCN(CCCNC(C)=O)C(=O)CCCOc1ccccc1. The molecule has 0 saturated heterocycles. The van der Waals surface area contributed by atoms with Crippen LogP contribution in [0.4, 0.5) is 0 Å². The molecule has 7 heteroatoms. The predicted octanol–water partition coefficient (Wildman–Crippen LogP) is 2.15. The molecule has 0 bridgehead atoms. The van der Waals surface area contributed by atoms with E-state index in [4.69, 9.17) is 9.47 Å². The first-order valence-electron chi connectivity index (χ1n) is 9.38. The second kappa shape index (κ2) is 13.6. The quantitative estimate of drug-likeness (QED) is 0.420. The molecule has 27 heavy (non-hydrogen) atoms. The number of para-hydroxylation sites is 1. The third-order valence-electron chi connectivity index (χ3n) is 3.77. The number of benzene rings is 1. The molecular formula is C20H30N2O5. The van der Waals surface area contributed by atoms with Crippen LogP contribution in [-0.2, 0) is 19.1 Å². The van der Waals surface area contributed by atoms with Crippen LogP contribution in [0.2, 0.25) is 0 Å². The van der Waals surface area contributed by atoms with Crippen molar-refractivity contribution in [1.82, 2.24) is 10.2 Å². The highest BCUT2D eigenvalue weighted by molar-refractivity contribution is 5.77. The van der Waals surface area contributed by atoms with Crippen LogP contribution >= 0.6 is 0 Å². The maximum Gasteiger partial charge on any atom is 0.307 e. The van der Waals surface area contributed by atoms with Gasteiger partial charge in [0.15, 0.2) is 0 Å². The molecule has 1 N–H and O–H groups in total. The summed E-state index contributed by atoms with van der Waals surface area (Å²) in [5.74, 6) is 0.334. The van der Waals surface area contributed by atoms with Crippen molar-refractivity contribution in [2.75, 3.05) is 32.8 Å². The van der Waals surface area contributed by atoms with Gasteiger partial charge in [-0.25, -0.2) is 0 Å². The number of nitrogens with zero attached hydrogens (tertiary/aromatic N) is 1. The lowest BCUT2D eigenvalue weighted by Gasteiger charge is -2.22. The molecule has 1 aromatic rings. The molecule has 0 unspecified atom stereocenters. The van der Waals surface area contributed by atoms with Gasteiger partial charge in [0, 0.05) is 33.0 Å². The zero-order chi connectivity index (χ0) is 19.9. The molecule has 0 aliphatic carbocycles. The summed E-state index contributed by atoms with van der Waals surface area (Å²) in [6.45, 7) is 5.28. The molecule has 0 radical (unpaired) electrons. The molecule has 1 rings (SSSR count). The molecule has 7 nitrogen and oxygen atoms in total. The van der Waals surface area contributed by atoms with E-state index < -0.39 is 0 Å². The largest absolute Gasteiger partial charge is 0.494 e. The summed E-state index contributed by atoms with van der Waals surface area (Å²) in [5, 5.41) is 2.71. The Morgan fingerprint density at radius 3 is 2.44 bits per heavy atom. The Hall–Kier alpha value is -2.57. The van der Waals surface area contributed by atoms with Gasteiger partial charge in [0.05, 0.1) is 19.6 Å². The molecule has 0 atom stereocenters. The summed E-state index contributed by atoms with van der Waals surface area (Å²) in [4.78, 5) is 36.6. The predicted molar refractivity (Wildman–Crippen MR) is 102 cm³/mol. The lowest BCUT2D eigenvalue weighted by atomic mass is 10.2. The van der Waals surface area contributed by atoms with Crippen molar-refractivity contribution in [3.63, 3.8) is 0 Å². The average molecular weight is 378 g/mol. The van der Waals surface area contributed by atoms with E-state index in [9.17, 15) is 14.4 Å². The highest BCUT2D eigenvalue weighted by atomic mass is 16.5. The first-order valence-corrected chi connectivity index (χ1v) is 9.38. The van der Waals surface area contributed by atoms with E-state index in [1.54, 1.807) is 11.8 Å². The normalized spacial score (nSPS) is 10.1. The van der Waals surface area contributed by atoms with Gasteiger partial charge in [-0.1, -0.05) is 18.2 Å². The highest BCUT2D eigenvalue weighted by Gasteiger charge is 2.15. The van der Waals surface area contributed by atoms with Crippen LogP contribution in [-0.4, -0.2) is 55.5 Å². The Balaban J connectivity index is 2.39. The molecule has 0 aliphatic rings. The number of hydrogen-bond donors (Lipinski definition) is 1. The van der Waals surface area contributed by atoms with E-state index in [2.05, 4.69) is 5.32 Å². The maximum atomic E-state index is 12.5. The summed E-state index contributed by atoms with van der Waals surface area (Å²) < 4.78 is 10.5. The standard InChI is InChI=1S/C20H30N2O5/c1-3-26-20(25)12-15-22(14-8-13-21-17(2)23)19(24)11-7-16-27-18-9-5-4-6-10-18/h4-6,9-10H,3,7-8,11-16H2,1-2H3,(H,21,23). The Morgan fingerprint density at radius 2 is 1.78 bits per heavy atom. The Kier molecular flexibility index (Phi) is 11.3. The van der Waals surface area contributed by atoms with Crippen molar-refractivity contribution in [3.05, 3.63) is 30.3 Å². The van der Waals surface area contributed by atoms with E-state index in [-0.39, 0.29) is 24.2 Å². The van der Waals surface area contributed by atoms with Crippen LogP contribution in [0.1, 0.15) is 39.5 Å². The minimum Gasteiger partial charge on any atom is -0.494 e. The minimum atomic E-state index is -0.315. The third kappa shape index (κ3) is 10.9. The van der Waals surface area contributed by atoms with Gasteiger partial charge >= 0.3 is 5.97 Å². The van der Waals surface area contributed by atoms with E-state index >= 15 is 0 Å². The van der Waals surface area contributed by atoms with Crippen molar-refractivity contribution in [2.24, 2.45) is 0 Å². The fourth-order valence-corrected chi connectivity index (χ4v) is 2.44. The number of nitrogens with one attached hydrogen (secondary N) is 1. The highest BCUT2D eigenvalue weighted by Crippen LogP contribution is 2.09. The van der Waals surface area contributed by atoms with Gasteiger partial charge in [0.1, 0.15) is 5.75 Å². The van der Waals surface area contributed by atoms with Gasteiger partial charge in [0.25, 0.3) is 0 Å². The molecule has 0 saturated carbocycles. The fourth-order valence-electron chi connectivity index (χ4n) is 2.44. The monoisotopic (exact) mass is 378 g/mol. The molecular weight excluding hydrogens is 348 g/mol. The van der Waals surface area contributed by atoms with Crippen molar-refractivity contribution in [3.8, 4) is 5.75 Å².